The van der Waals surface area contributed by atoms with Gasteiger partial charge in [0.25, 0.3) is 10.2 Å². The Balaban J connectivity index is 1.58. The molecule has 1 aliphatic heterocycles. The van der Waals surface area contributed by atoms with Crippen LogP contribution >= 0.6 is 0 Å². The van der Waals surface area contributed by atoms with Gasteiger partial charge in [0.1, 0.15) is 5.75 Å². The molecular formula is C15H18N8O3S. The van der Waals surface area contributed by atoms with Crippen molar-refractivity contribution >= 4 is 27.3 Å². The van der Waals surface area contributed by atoms with E-state index in [4.69, 9.17) is 9.88 Å². The molecule has 27 heavy (non-hydrogen) atoms. The molecule has 1 aromatic carbocycles. The summed E-state index contributed by atoms with van der Waals surface area (Å²) >= 11 is 0. The number of nitrogens with zero attached hydrogens (tertiary/aromatic N) is 6. The molecule has 0 bridgehead atoms. The minimum atomic E-state index is -3.68. The number of hydrogen-bond donors (Lipinski definition) is 2. The predicted octanol–water partition coefficient (Wildman–Crippen LogP) is -0.0912. The Labute approximate surface area is 155 Å². The van der Waals surface area contributed by atoms with E-state index in [-0.39, 0.29) is 12.6 Å². The van der Waals surface area contributed by atoms with Gasteiger partial charge in [-0.05, 0) is 30.7 Å². The summed E-state index contributed by atoms with van der Waals surface area (Å²) in [4.78, 5) is 8.72. The second kappa shape index (κ2) is 6.72. The average Bonchev–Trinajstić information content (AvgIpc) is 3.28. The van der Waals surface area contributed by atoms with Gasteiger partial charge in [-0.25, -0.2) is 10.1 Å². The molecule has 1 atom stereocenters. The molecule has 3 N–H and O–H groups in total. The van der Waals surface area contributed by atoms with Crippen molar-refractivity contribution in [2.45, 2.75) is 12.5 Å². The summed E-state index contributed by atoms with van der Waals surface area (Å²) in [5.74, 6) is 1.11. The minimum Gasteiger partial charge on any atom is -0.497 e. The van der Waals surface area contributed by atoms with Crippen LogP contribution in [-0.4, -0.2) is 63.9 Å². The smallest absolute Gasteiger partial charge is 0.276 e. The monoisotopic (exact) mass is 390 g/mol. The predicted molar refractivity (Wildman–Crippen MR) is 97.7 cm³/mol. The Hall–Kier alpha value is -2.83. The first kappa shape index (κ1) is 17.6. The standard InChI is InChI=1S/C15H18N8O3S/c1-26-12-4-2-11(3-5-12)23-14-13(20-21-23)8-17-15(19-14)18-10-6-7-22(9-10)27(16,24)25/h2-5,8,10H,6-7,9H2,1H3,(H2,16,24,25)(H,17,18,19)/t10-/m1/s1. The van der Waals surface area contributed by atoms with Gasteiger partial charge in [0.2, 0.25) is 5.95 Å². The van der Waals surface area contributed by atoms with Crippen LogP contribution in [0.1, 0.15) is 6.42 Å². The molecule has 1 fully saturated rings. The number of rotatable bonds is 5. The number of nitrogens with two attached hydrogens (primary N) is 1. The molecular weight excluding hydrogens is 372 g/mol. The van der Waals surface area contributed by atoms with Gasteiger partial charge in [-0.3, -0.25) is 0 Å². The third-order valence-corrected chi connectivity index (χ3v) is 5.41. The number of hydrogen-bond acceptors (Lipinski definition) is 8. The largest absolute Gasteiger partial charge is 0.497 e. The molecule has 0 spiro atoms. The summed E-state index contributed by atoms with van der Waals surface area (Å²) in [5, 5.41) is 16.5. The molecule has 4 rings (SSSR count). The van der Waals surface area contributed by atoms with E-state index in [9.17, 15) is 8.42 Å². The Morgan fingerprint density at radius 2 is 2.07 bits per heavy atom. The van der Waals surface area contributed by atoms with Crippen molar-refractivity contribution < 1.29 is 13.2 Å². The van der Waals surface area contributed by atoms with Crippen molar-refractivity contribution in [2.24, 2.45) is 5.14 Å². The van der Waals surface area contributed by atoms with E-state index in [0.29, 0.717) is 30.1 Å². The van der Waals surface area contributed by atoms with Crippen LogP contribution in [0.15, 0.2) is 30.5 Å². The van der Waals surface area contributed by atoms with Gasteiger partial charge in [0, 0.05) is 19.1 Å². The Kier molecular flexibility index (Phi) is 4.37. The number of aromatic nitrogens is 5. The summed E-state index contributed by atoms with van der Waals surface area (Å²) < 4.78 is 30.9. The lowest BCUT2D eigenvalue weighted by Gasteiger charge is -2.14. The van der Waals surface area contributed by atoms with Gasteiger partial charge in [0.15, 0.2) is 11.2 Å². The highest BCUT2D eigenvalue weighted by Gasteiger charge is 2.29. The summed E-state index contributed by atoms with van der Waals surface area (Å²) in [5.41, 5.74) is 1.87. The quantitative estimate of drug-likeness (QED) is 0.616. The molecule has 11 nitrogen and oxygen atoms in total. The van der Waals surface area contributed by atoms with Gasteiger partial charge >= 0.3 is 0 Å². The molecule has 1 aliphatic rings. The number of methoxy groups -OCH3 is 1. The Morgan fingerprint density at radius 1 is 1.30 bits per heavy atom. The zero-order valence-corrected chi connectivity index (χ0v) is 15.3. The normalized spacial score (nSPS) is 18.1. The number of fused-ring (bicyclic) bond motifs is 1. The molecule has 3 heterocycles. The maximum absolute atomic E-state index is 11.4. The summed E-state index contributed by atoms with van der Waals surface area (Å²) in [6.07, 6.45) is 2.19. The lowest BCUT2D eigenvalue weighted by molar-refractivity contribution is 0.414. The van der Waals surface area contributed by atoms with E-state index >= 15 is 0 Å². The average molecular weight is 390 g/mol. The Bertz CT molecular complexity index is 1070. The van der Waals surface area contributed by atoms with Crippen LogP contribution in [0.3, 0.4) is 0 Å². The summed E-state index contributed by atoms with van der Waals surface area (Å²) in [6.45, 7) is 0.639. The molecule has 2 aromatic heterocycles. The van der Waals surface area contributed by atoms with Crippen molar-refractivity contribution in [1.82, 2.24) is 29.3 Å². The van der Waals surface area contributed by atoms with Crippen molar-refractivity contribution in [3.05, 3.63) is 30.5 Å². The molecule has 0 unspecified atom stereocenters. The molecule has 0 aliphatic carbocycles. The molecule has 0 amide bonds. The molecule has 1 saturated heterocycles. The molecule has 0 saturated carbocycles. The summed E-state index contributed by atoms with van der Waals surface area (Å²) in [6, 6.07) is 7.23. The maximum Gasteiger partial charge on any atom is 0.276 e. The maximum atomic E-state index is 11.4. The van der Waals surface area contributed by atoms with Crippen molar-refractivity contribution in [3.63, 3.8) is 0 Å². The van der Waals surface area contributed by atoms with E-state index in [2.05, 4.69) is 25.6 Å². The fourth-order valence-electron chi connectivity index (χ4n) is 2.95. The van der Waals surface area contributed by atoms with Gasteiger partial charge in [-0.1, -0.05) is 5.21 Å². The zero-order valence-electron chi connectivity index (χ0n) is 14.5. The Morgan fingerprint density at radius 3 is 2.74 bits per heavy atom. The number of anilines is 1. The lowest BCUT2D eigenvalue weighted by atomic mass is 10.3. The lowest BCUT2D eigenvalue weighted by Crippen LogP contribution is -2.36. The van der Waals surface area contributed by atoms with Crippen LogP contribution in [0.5, 0.6) is 5.75 Å². The first-order chi connectivity index (χ1) is 12.9. The fraction of sp³-hybridized carbons (Fsp3) is 0.333. The van der Waals surface area contributed by atoms with E-state index in [1.165, 1.54) is 4.31 Å². The van der Waals surface area contributed by atoms with Crippen LogP contribution in [0.2, 0.25) is 0 Å². The van der Waals surface area contributed by atoms with Crippen molar-refractivity contribution in [1.29, 1.82) is 0 Å². The third-order valence-electron chi connectivity index (χ3n) is 4.35. The second-order valence-electron chi connectivity index (χ2n) is 6.13. The highest BCUT2D eigenvalue weighted by atomic mass is 32.2. The SMILES string of the molecule is COc1ccc(-n2nnc3cnc(N[C@@H]4CCN(S(N)(=O)=O)C4)nc32)cc1. The van der Waals surface area contributed by atoms with Crippen LogP contribution < -0.4 is 15.2 Å². The van der Waals surface area contributed by atoms with Gasteiger partial charge in [0.05, 0.1) is 19.0 Å². The number of ether oxygens (including phenoxy) is 1. The topological polar surface area (TPSA) is 141 Å². The van der Waals surface area contributed by atoms with Gasteiger partial charge < -0.3 is 10.1 Å². The van der Waals surface area contributed by atoms with Crippen molar-refractivity contribution in [3.8, 4) is 11.4 Å². The second-order valence-corrected chi connectivity index (χ2v) is 7.68. The van der Waals surface area contributed by atoms with Crippen LogP contribution in [0, 0.1) is 0 Å². The molecule has 142 valence electrons. The fourth-order valence-corrected chi connectivity index (χ4v) is 3.70. The van der Waals surface area contributed by atoms with Crippen LogP contribution in [0.4, 0.5) is 5.95 Å². The van der Waals surface area contributed by atoms with E-state index < -0.39 is 10.2 Å². The number of benzene rings is 1. The highest BCUT2D eigenvalue weighted by Crippen LogP contribution is 2.20. The van der Waals surface area contributed by atoms with Crippen LogP contribution in [-0.2, 0) is 10.2 Å². The van der Waals surface area contributed by atoms with E-state index in [0.717, 1.165) is 11.4 Å². The van der Waals surface area contributed by atoms with Crippen molar-refractivity contribution in [2.75, 3.05) is 25.5 Å². The first-order valence-corrected chi connectivity index (χ1v) is 9.71. The minimum absolute atomic E-state index is 0.119. The van der Waals surface area contributed by atoms with Gasteiger partial charge in [-0.15, -0.1) is 5.10 Å². The molecule has 12 heteroatoms. The van der Waals surface area contributed by atoms with Crippen LogP contribution in [0.25, 0.3) is 16.9 Å². The molecule has 0 radical (unpaired) electrons. The van der Waals surface area contributed by atoms with E-state index in [1.54, 1.807) is 18.0 Å². The van der Waals surface area contributed by atoms with Gasteiger partial charge in [-0.2, -0.15) is 22.4 Å². The highest BCUT2D eigenvalue weighted by molar-refractivity contribution is 7.86. The number of nitrogens with one attached hydrogen (secondary N) is 1. The summed E-state index contributed by atoms with van der Waals surface area (Å²) in [7, 11) is -2.08. The van der Waals surface area contributed by atoms with E-state index in [1.807, 2.05) is 24.3 Å². The molecule has 3 aromatic rings. The third kappa shape index (κ3) is 3.54. The zero-order chi connectivity index (χ0) is 19.0. The first-order valence-electron chi connectivity index (χ1n) is 8.21.